The number of halogens is 6. The molecule has 1 aromatic carbocycles. The fourth-order valence-corrected chi connectivity index (χ4v) is 5.06. The molecule has 1 atom stereocenters. The van der Waals surface area contributed by atoms with Crippen LogP contribution >= 0.6 is 31.5 Å². The van der Waals surface area contributed by atoms with E-state index in [0.29, 0.717) is 0 Å². The monoisotopic (exact) mass is 318 g/mol. The van der Waals surface area contributed by atoms with Crippen LogP contribution in [0.4, 0.5) is 17.6 Å². The van der Waals surface area contributed by atoms with Gasteiger partial charge in [-0.3, -0.25) is 4.79 Å². The number of carbonyl (C=O) groups is 1. The molecule has 0 aromatic heterocycles. The summed E-state index contributed by atoms with van der Waals surface area (Å²) in [6.07, 6.45) is 0. The molecule has 0 radical (unpaired) electrons. The molecule has 0 N–H and O–H groups in total. The van der Waals surface area contributed by atoms with Crippen LogP contribution in [0, 0.1) is 0 Å². The summed E-state index contributed by atoms with van der Waals surface area (Å²) >= 11 is 5.06. The normalized spacial score (nSPS) is 26.8. The number of alkyl halides is 3. The molecule has 0 aliphatic carbocycles. The number of carbonyl (C=O) groups excluding carboxylic acids is 1. The van der Waals surface area contributed by atoms with Crippen LogP contribution in [-0.4, -0.2) is 10.8 Å². The number of allylic oxidation sites excluding steroid dienone is 1. The first-order valence-electron chi connectivity index (χ1n) is 4.49. The SMILES string of the molecule is O=C(Cl)C1=C(F)c2ccccc2S1(Cl)C(F)(F)F. The molecule has 0 saturated heterocycles. The maximum Gasteiger partial charge on any atom is 0.446 e. The van der Waals surface area contributed by atoms with Crippen LogP contribution in [0.15, 0.2) is 34.1 Å². The van der Waals surface area contributed by atoms with Crippen LogP contribution in [0.2, 0.25) is 0 Å². The largest absolute Gasteiger partial charge is 0.446 e. The van der Waals surface area contributed by atoms with Crippen LogP contribution < -0.4 is 0 Å². The summed E-state index contributed by atoms with van der Waals surface area (Å²) in [5.74, 6) is -1.30. The van der Waals surface area contributed by atoms with Crippen molar-refractivity contribution in [3.63, 3.8) is 0 Å². The number of rotatable bonds is 1. The van der Waals surface area contributed by atoms with E-state index in [4.69, 9.17) is 22.3 Å². The highest BCUT2D eigenvalue weighted by atomic mass is 35.7. The van der Waals surface area contributed by atoms with Crippen molar-refractivity contribution < 1.29 is 22.4 Å². The molecule has 1 aliphatic rings. The minimum absolute atomic E-state index is 0.330. The lowest BCUT2D eigenvalue weighted by atomic mass is 10.2. The molecule has 2 rings (SSSR count). The lowest BCUT2D eigenvalue weighted by Gasteiger charge is -2.32. The van der Waals surface area contributed by atoms with E-state index in [0.717, 1.165) is 12.1 Å². The van der Waals surface area contributed by atoms with Crippen molar-refractivity contribution in [2.45, 2.75) is 10.4 Å². The van der Waals surface area contributed by atoms with Crippen LogP contribution in [0.1, 0.15) is 5.56 Å². The Morgan fingerprint density at radius 2 is 1.78 bits per heavy atom. The Morgan fingerprint density at radius 3 is 2.28 bits per heavy atom. The third kappa shape index (κ3) is 1.66. The van der Waals surface area contributed by atoms with E-state index in [-0.39, 0.29) is 5.56 Å². The molecule has 0 bridgehead atoms. The predicted octanol–water partition coefficient (Wildman–Crippen LogP) is 4.94. The fourth-order valence-electron chi connectivity index (χ4n) is 1.69. The number of hydrogen-bond acceptors (Lipinski definition) is 1. The van der Waals surface area contributed by atoms with Gasteiger partial charge >= 0.3 is 5.51 Å². The molecule has 8 heteroatoms. The van der Waals surface area contributed by atoms with Gasteiger partial charge in [-0.2, -0.15) is 13.2 Å². The Balaban J connectivity index is 2.83. The Morgan fingerprint density at radius 1 is 1.22 bits per heavy atom. The summed E-state index contributed by atoms with van der Waals surface area (Å²) in [7, 11) is 1.32. The summed E-state index contributed by atoms with van der Waals surface area (Å²) < 4.78 is 53.2. The van der Waals surface area contributed by atoms with Gasteiger partial charge in [-0.15, -0.1) is 0 Å². The Hall–Kier alpha value is -0.720. The summed E-state index contributed by atoms with van der Waals surface area (Å²) in [6, 6.07) is 4.84. The van der Waals surface area contributed by atoms with Gasteiger partial charge in [0.05, 0.1) is 0 Å². The van der Waals surface area contributed by atoms with Gasteiger partial charge in [0, 0.05) is 10.5 Å². The minimum Gasteiger partial charge on any atom is -0.275 e. The van der Waals surface area contributed by atoms with Crippen molar-refractivity contribution in [2.24, 2.45) is 0 Å². The zero-order valence-corrected chi connectivity index (χ0v) is 10.7. The topological polar surface area (TPSA) is 17.1 Å². The van der Waals surface area contributed by atoms with E-state index in [1.165, 1.54) is 12.1 Å². The third-order valence-electron chi connectivity index (χ3n) is 2.40. The van der Waals surface area contributed by atoms with Crippen molar-refractivity contribution in [3.8, 4) is 0 Å². The summed E-state index contributed by atoms with van der Waals surface area (Å²) in [5, 5.41) is -1.52. The van der Waals surface area contributed by atoms with E-state index < -0.39 is 35.6 Å². The average molecular weight is 319 g/mol. The van der Waals surface area contributed by atoms with Gasteiger partial charge in [0.25, 0.3) is 5.24 Å². The molecule has 1 unspecified atom stereocenters. The smallest absolute Gasteiger partial charge is 0.275 e. The van der Waals surface area contributed by atoms with Gasteiger partial charge in [-0.1, -0.05) is 18.2 Å². The van der Waals surface area contributed by atoms with Gasteiger partial charge in [0.15, 0.2) is 0 Å². The molecule has 0 spiro atoms. The van der Waals surface area contributed by atoms with Gasteiger partial charge in [0.2, 0.25) is 0 Å². The molecule has 98 valence electrons. The van der Waals surface area contributed by atoms with Crippen LogP contribution in [0.3, 0.4) is 0 Å². The van der Waals surface area contributed by atoms with Gasteiger partial charge in [-0.25, -0.2) is 4.39 Å². The lowest BCUT2D eigenvalue weighted by molar-refractivity contribution is -0.108. The van der Waals surface area contributed by atoms with E-state index in [1.807, 2.05) is 0 Å². The van der Waals surface area contributed by atoms with E-state index in [9.17, 15) is 22.4 Å². The van der Waals surface area contributed by atoms with E-state index in [2.05, 4.69) is 0 Å². The van der Waals surface area contributed by atoms with Crippen molar-refractivity contribution >= 4 is 42.6 Å². The average Bonchev–Trinajstić information content (AvgIpc) is 2.49. The molecule has 1 nitrogen and oxygen atoms in total. The molecule has 0 fully saturated rings. The first-order valence-corrected chi connectivity index (χ1v) is 7.33. The van der Waals surface area contributed by atoms with Crippen molar-refractivity contribution in [1.82, 2.24) is 0 Å². The Bertz CT molecular complexity index is 569. The molecule has 1 aromatic rings. The van der Waals surface area contributed by atoms with E-state index in [1.54, 1.807) is 0 Å². The molecule has 1 heterocycles. The molecule has 0 saturated carbocycles. The fraction of sp³-hybridized carbons (Fsp3) is 0.100. The highest BCUT2D eigenvalue weighted by Gasteiger charge is 2.60. The second kappa shape index (κ2) is 4.15. The lowest BCUT2D eigenvalue weighted by Crippen LogP contribution is -2.18. The first-order chi connectivity index (χ1) is 8.21. The van der Waals surface area contributed by atoms with Crippen LogP contribution in [-0.2, 0) is 4.79 Å². The standard InChI is InChI=1S/C10H4Cl2F4OS/c11-9(17)8-7(13)5-3-1-2-4-6(5)18(8,12)10(14,15)16/h1-4H. The van der Waals surface area contributed by atoms with Crippen LogP contribution in [0.5, 0.6) is 0 Å². The maximum atomic E-state index is 13.9. The summed E-state index contributed by atoms with van der Waals surface area (Å²) in [4.78, 5) is 9.45. The minimum atomic E-state index is -4.96. The molecule has 0 amide bonds. The molecule has 18 heavy (non-hydrogen) atoms. The first kappa shape index (κ1) is 13.7. The quantitative estimate of drug-likeness (QED) is 0.529. The molecule has 1 aliphatic heterocycles. The second-order valence-corrected chi connectivity index (χ2v) is 7.51. The predicted molar refractivity (Wildman–Crippen MR) is 63.1 cm³/mol. The summed E-state index contributed by atoms with van der Waals surface area (Å²) in [6.45, 7) is 0. The Kier molecular flexibility index (Phi) is 3.16. The number of fused-ring (bicyclic) bond motifs is 1. The van der Waals surface area contributed by atoms with Crippen molar-refractivity contribution in [1.29, 1.82) is 0 Å². The van der Waals surface area contributed by atoms with Gasteiger partial charge in [0.1, 0.15) is 10.7 Å². The molecular weight excluding hydrogens is 315 g/mol. The molecular formula is C10H4Cl2F4OS. The van der Waals surface area contributed by atoms with Gasteiger partial charge < -0.3 is 0 Å². The highest BCUT2D eigenvalue weighted by molar-refractivity contribution is 8.55. The number of benzene rings is 1. The zero-order valence-electron chi connectivity index (χ0n) is 8.39. The van der Waals surface area contributed by atoms with E-state index >= 15 is 0 Å². The summed E-state index contributed by atoms with van der Waals surface area (Å²) in [5.41, 5.74) is -5.29. The third-order valence-corrected chi connectivity index (χ3v) is 6.72. The van der Waals surface area contributed by atoms with Gasteiger partial charge in [-0.05, 0) is 37.6 Å². The highest BCUT2D eigenvalue weighted by Crippen LogP contribution is 2.81. The second-order valence-electron chi connectivity index (χ2n) is 3.40. The maximum absolute atomic E-state index is 13.9. The number of hydrogen-bond donors (Lipinski definition) is 0. The van der Waals surface area contributed by atoms with Crippen molar-refractivity contribution in [3.05, 3.63) is 34.7 Å². The zero-order chi connectivity index (χ0) is 13.7. The van der Waals surface area contributed by atoms with Crippen molar-refractivity contribution in [2.75, 3.05) is 0 Å². The Labute approximate surface area is 110 Å². The van der Waals surface area contributed by atoms with Crippen LogP contribution in [0.25, 0.3) is 5.83 Å².